The van der Waals surface area contributed by atoms with Crippen LogP contribution in [0.15, 0.2) is 84.0 Å². The maximum Gasteiger partial charge on any atom is 0.234 e. The van der Waals surface area contributed by atoms with Gasteiger partial charge in [0.25, 0.3) is 0 Å². The quantitative estimate of drug-likeness (QED) is 0.317. The van der Waals surface area contributed by atoms with E-state index in [-0.39, 0.29) is 11.7 Å². The standard InChI is InChI=1S/C24H19N5OS/c1-16-9-5-7-13-19(16)25-21(30)15-31-24-26-20-14-8-6-12-18(20)23-27-22(28-29(23)24)17-10-3-2-4-11-17/h2-14H,15H2,1H3,(H,25,30). The molecule has 0 spiro atoms. The lowest BCUT2D eigenvalue weighted by Crippen LogP contribution is -2.15. The van der Waals surface area contributed by atoms with E-state index in [4.69, 9.17) is 15.1 Å². The predicted octanol–water partition coefficient (Wildman–Crippen LogP) is 4.98. The van der Waals surface area contributed by atoms with E-state index >= 15 is 0 Å². The number of carbonyl (C=O) groups is 1. The number of aromatic nitrogens is 4. The molecule has 0 radical (unpaired) electrons. The third-order valence-electron chi connectivity index (χ3n) is 4.93. The zero-order chi connectivity index (χ0) is 21.2. The minimum atomic E-state index is -0.0918. The van der Waals surface area contributed by atoms with Crippen molar-refractivity contribution in [2.75, 3.05) is 11.1 Å². The smallest absolute Gasteiger partial charge is 0.234 e. The van der Waals surface area contributed by atoms with Crippen molar-refractivity contribution >= 4 is 39.9 Å². The van der Waals surface area contributed by atoms with Gasteiger partial charge in [-0.25, -0.2) is 9.97 Å². The molecular weight excluding hydrogens is 406 g/mol. The van der Waals surface area contributed by atoms with Crippen molar-refractivity contribution in [2.45, 2.75) is 12.1 Å². The van der Waals surface area contributed by atoms with Gasteiger partial charge in [0.05, 0.1) is 11.3 Å². The molecule has 7 heteroatoms. The summed E-state index contributed by atoms with van der Waals surface area (Å²) in [5, 5.41) is 9.21. The van der Waals surface area contributed by atoms with Gasteiger partial charge in [0, 0.05) is 16.6 Å². The summed E-state index contributed by atoms with van der Waals surface area (Å²) in [4.78, 5) is 22.1. The number of thioether (sulfide) groups is 1. The molecule has 2 aromatic heterocycles. The molecule has 3 aromatic carbocycles. The zero-order valence-electron chi connectivity index (χ0n) is 16.8. The van der Waals surface area contributed by atoms with Gasteiger partial charge in [-0.1, -0.05) is 72.4 Å². The third-order valence-corrected chi connectivity index (χ3v) is 5.86. The number of rotatable bonds is 5. The van der Waals surface area contributed by atoms with E-state index < -0.39 is 0 Å². The molecule has 152 valence electrons. The number of hydrogen-bond acceptors (Lipinski definition) is 5. The number of hydrogen-bond donors (Lipinski definition) is 1. The summed E-state index contributed by atoms with van der Waals surface area (Å²) in [7, 11) is 0. The second-order valence-electron chi connectivity index (χ2n) is 7.10. The third kappa shape index (κ3) is 3.87. The Kier molecular flexibility index (Phi) is 5.09. The normalized spacial score (nSPS) is 11.1. The molecule has 0 aliphatic heterocycles. The van der Waals surface area contributed by atoms with E-state index in [1.807, 2.05) is 85.8 Å². The van der Waals surface area contributed by atoms with Crippen LogP contribution < -0.4 is 5.32 Å². The van der Waals surface area contributed by atoms with Gasteiger partial charge in [-0.15, -0.1) is 5.10 Å². The second-order valence-corrected chi connectivity index (χ2v) is 8.04. The molecule has 2 heterocycles. The maximum atomic E-state index is 12.6. The Morgan fingerprint density at radius 3 is 2.52 bits per heavy atom. The highest BCUT2D eigenvalue weighted by Crippen LogP contribution is 2.26. The zero-order valence-corrected chi connectivity index (χ0v) is 17.6. The molecule has 0 aliphatic rings. The molecule has 1 amide bonds. The average molecular weight is 426 g/mol. The molecule has 0 bridgehead atoms. The number of para-hydroxylation sites is 2. The number of anilines is 1. The van der Waals surface area contributed by atoms with Gasteiger partial charge >= 0.3 is 0 Å². The molecule has 0 saturated heterocycles. The Balaban J connectivity index is 1.49. The lowest BCUT2D eigenvalue weighted by atomic mass is 10.2. The summed E-state index contributed by atoms with van der Waals surface area (Å²) >= 11 is 1.34. The van der Waals surface area contributed by atoms with E-state index in [1.54, 1.807) is 4.52 Å². The molecule has 31 heavy (non-hydrogen) atoms. The van der Waals surface area contributed by atoms with E-state index in [1.165, 1.54) is 11.8 Å². The van der Waals surface area contributed by atoms with Crippen molar-refractivity contribution < 1.29 is 4.79 Å². The summed E-state index contributed by atoms with van der Waals surface area (Å²) in [5.74, 6) is 0.755. The number of fused-ring (bicyclic) bond motifs is 3. The Morgan fingerprint density at radius 1 is 0.935 bits per heavy atom. The average Bonchev–Trinajstić information content (AvgIpc) is 3.26. The van der Waals surface area contributed by atoms with Gasteiger partial charge < -0.3 is 5.32 Å². The monoisotopic (exact) mass is 425 g/mol. The van der Waals surface area contributed by atoms with Crippen LogP contribution in [0.25, 0.3) is 27.9 Å². The number of benzene rings is 3. The lowest BCUT2D eigenvalue weighted by Gasteiger charge is -2.08. The van der Waals surface area contributed by atoms with Crippen LogP contribution >= 0.6 is 11.8 Å². The lowest BCUT2D eigenvalue weighted by molar-refractivity contribution is -0.113. The summed E-state index contributed by atoms with van der Waals surface area (Å²) in [6.07, 6.45) is 0. The molecule has 1 N–H and O–H groups in total. The van der Waals surface area contributed by atoms with Crippen LogP contribution in [-0.2, 0) is 4.79 Å². The first-order valence-electron chi connectivity index (χ1n) is 9.88. The number of nitrogens with zero attached hydrogens (tertiary/aromatic N) is 4. The van der Waals surface area contributed by atoms with Crippen LogP contribution in [0, 0.1) is 6.92 Å². The molecule has 0 atom stereocenters. The Bertz CT molecular complexity index is 1400. The topological polar surface area (TPSA) is 72.2 Å². The van der Waals surface area contributed by atoms with E-state index in [0.717, 1.165) is 33.4 Å². The Morgan fingerprint density at radius 2 is 1.68 bits per heavy atom. The van der Waals surface area contributed by atoms with Gasteiger partial charge in [0.15, 0.2) is 16.6 Å². The summed E-state index contributed by atoms with van der Waals surface area (Å²) < 4.78 is 1.73. The SMILES string of the molecule is Cc1ccccc1NC(=O)CSc1nc2ccccc2c2nc(-c3ccccc3)nn12. The van der Waals surface area contributed by atoms with Crippen LogP contribution in [0.4, 0.5) is 5.69 Å². The van der Waals surface area contributed by atoms with Crippen molar-refractivity contribution in [1.82, 2.24) is 19.6 Å². The van der Waals surface area contributed by atoms with Crippen LogP contribution in [0.3, 0.4) is 0 Å². The number of carbonyl (C=O) groups excluding carboxylic acids is 1. The Hall–Kier alpha value is -3.71. The molecule has 5 rings (SSSR count). The number of nitrogens with one attached hydrogen (secondary N) is 1. The first-order chi connectivity index (χ1) is 15.2. The number of aryl methyl sites for hydroxylation is 1. The predicted molar refractivity (Wildman–Crippen MR) is 124 cm³/mol. The first-order valence-corrected chi connectivity index (χ1v) is 10.9. The fourth-order valence-corrected chi connectivity index (χ4v) is 4.11. The fourth-order valence-electron chi connectivity index (χ4n) is 3.36. The highest BCUT2D eigenvalue weighted by molar-refractivity contribution is 7.99. The van der Waals surface area contributed by atoms with Gasteiger partial charge in [-0.05, 0) is 30.7 Å². The molecule has 6 nitrogen and oxygen atoms in total. The van der Waals surface area contributed by atoms with E-state index in [2.05, 4.69) is 5.32 Å². The van der Waals surface area contributed by atoms with Gasteiger partial charge in [-0.2, -0.15) is 4.52 Å². The molecule has 5 aromatic rings. The van der Waals surface area contributed by atoms with Crippen molar-refractivity contribution in [2.24, 2.45) is 0 Å². The van der Waals surface area contributed by atoms with Crippen LogP contribution in [0.1, 0.15) is 5.56 Å². The fraction of sp³-hybridized carbons (Fsp3) is 0.0833. The number of amides is 1. The van der Waals surface area contributed by atoms with Crippen molar-refractivity contribution in [3.05, 3.63) is 84.4 Å². The van der Waals surface area contributed by atoms with Crippen LogP contribution in [-0.4, -0.2) is 31.2 Å². The largest absolute Gasteiger partial charge is 0.325 e. The molecule has 0 unspecified atom stereocenters. The molecular formula is C24H19N5OS. The highest BCUT2D eigenvalue weighted by atomic mass is 32.2. The highest BCUT2D eigenvalue weighted by Gasteiger charge is 2.16. The van der Waals surface area contributed by atoms with Gasteiger partial charge in [-0.3, -0.25) is 4.79 Å². The van der Waals surface area contributed by atoms with Crippen molar-refractivity contribution in [3.63, 3.8) is 0 Å². The molecule has 0 saturated carbocycles. The minimum absolute atomic E-state index is 0.0918. The van der Waals surface area contributed by atoms with E-state index in [9.17, 15) is 4.79 Å². The van der Waals surface area contributed by atoms with Crippen molar-refractivity contribution in [3.8, 4) is 11.4 Å². The summed E-state index contributed by atoms with van der Waals surface area (Å²) in [5.41, 5.74) is 4.33. The Labute approximate surface area is 183 Å². The van der Waals surface area contributed by atoms with Crippen LogP contribution in [0.5, 0.6) is 0 Å². The first kappa shape index (κ1) is 19.3. The van der Waals surface area contributed by atoms with Crippen molar-refractivity contribution in [1.29, 1.82) is 0 Å². The molecule has 0 fully saturated rings. The minimum Gasteiger partial charge on any atom is -0.325 e. The van der Waals surface area contributed by atoms with E-state index in [0.29, 0.717) is 11.0 Å². The van der Waals surface area contributed by atoms with Crippen LogP contribution in [0.2, 0.25) is 0 Å². The van der Waals surface area contributed by atoms with Gasteiger partial charge in [0.1, 0.15) is 0 Å². The summed E-state index contributed by atoms with van der Waals surface area (Å²) in [6.45, 7) is 1.97. The van der Waals surface area contributed by atoms with Gasteiger partial charge in [0.2, 0.25) is 5.91 Å². The second kappa shape index (κ2) is 8.20. The summed E-state index contributed by atoms with van der Waals surface area (Å²) in [6, 6.07) is 25.4. The molecule has 0 aliphatic carbocycles. The maximum absolute atomic E-state index is 12.6.